The number of ether oxygens (including phenoxy) is 1. The summed E-state index contributed by atoms with van der Waals surface area (Å²) in [5.41, 5.74) is 1.67. The lowest BCUT2D eigenvalue weighted by Crippen LogP contribution is -2.46. The lowest BCUT2D eigenvalue weighted by Gasteiger charge is -2.35. The van der Waals surface area contributed by atoms with Gasteiger partial charge in [0.05, 0.1) is 25.4 Å². The van der Waals surface area contributed by atoms with Crippen LogP contribution in [0.2, 0.25) is 0 Å². The molecule has 1 saturated heterocycles. The van der Waals surface area contributed by atoms with Gasteiger partial charge in [0.15, 0.2) is 0 Å². The van der Waals surface area contributed by atoms with E-state index in [1.165, 1.54) is 11.3 Å². The van der Waals surface area contributed by atoms with E-state index in [4.69, 9.17) is 4.74 Å². The molecule has 1 aliphatic heterocycles. The molecule has 0 unspecified atom stereocenters. The Morgan fingerprint density at radius 2 is 2.35 bits per heavy atom. The summed E-state index contributed by atoms with van der Waals surface area (Å²) in [5.74, 6) is 0.0252. The van der Waals surface area contributed by atoms with Crippen LogP contribution in [-0.4, -0.2) is 45.3 Å². The van der Waals surface area contributed by atoms with E-state index in [-0.39, 0.29) is 11.9 Å². The van der Waals surface area contributed by atoms with Crippen molar-refractivity contribution >= 4 is 17.2 Å². The molecule has 1 aliphatic rings. The van der Waals surface area contributed by atoms with E-state index in [0.717, 1.165) is 42.9 Å². The van der Waals surface area contributed by atoms with Gasteiger partial charge in [0, 0.05) is 25.2 Å². The van der Waals surface area contributed by atoms with Gasteiger partial charge in [-0.15, -0.1) is 11.3 Å². The second-order valence-corrected chi connectivity index (χ2v) is 6.89. The van der Waals surface area contributed by atoms with Crippen molar-refractivity contribution in [3.05, 3.63) is 34.0 Å². The lowest BCUT2D eigenvalue weighted by molar-refractivity contribution is 0.0578. The molecule has 0 saturated carbocycles. The van der Waals surface area contributed by atoms with Crippen LogP contribution < -0.4 is 0 Å². The van der Waals surface area contributed by atoms with Gasteiger partial charge in [0.1, 0.15) is 10.7 Å². The number of aromatic nitrogens is 3. The number of aryl methyl sites for hydroxylation is 1. The molecular formula is C16H22N4O2S. The van der Waals surface area contributed by atoms with E-state index in [1.54, 1.807) is 7.11 Å². The Hall–Kier alpha value is -1.73. The molecular weight excluding hydrogens is 312 g/mol. The number of likely N-dealkylation sites (tertiary alicyclic amines) is 1. The maximum Gasteiger partial charge on any atom is 0.273 e. The average Bonchev–Trinajstić information content (AvgIpc) is 3.17. The van der Waals surface area contributed by atoms with Crippen LogP contribution in [-0.2, 0) is 17.9 Å². The summed E-state index contributed by atoms with van der Waals surface area (Å²) in [6.45, 7) is 4.02. The van der Waals surface area contributed by atoms with Crippen molar-refractivity contribution in [2.45, 2.75) is 45.4 Å². The third-order valence-corrected chi connectivity index (χ3v) is 4.91. The molecule has 3 rings (SSSR count). The van der Waals surface area contributed by atoms with Crippen LogP contribution in [0.5, 0.6) is 0 Å². The van der Waals surface area contributed by atoms with Gasteiger partial charge >= 0.3 is 0 Å². The smallest absolute Gasteiger partial charge is 0.273 e. The minimum absolute atomic E-state index is 0.0252. The average molecular weight is 334 g/mol. The number of carbonyl (C=O) groups excluding carboxylic acids is 1. The van der Waals surface area contributed by atoms with E-state index in [9.17, 15) is 4.79 Å². The number of amides is 1. The summed E-state index contributed by atoms with van der Waals surface area (Å²) in [4.78, 5) is 19.2. The third-order valence-electron chi connectivity index (χ3n) is 4.09. The van der Waals surface area contributed by atoms with E-state index in [2.05, 4.69) is 10.1 Å². The molecule has 124 valence electrons. The number of methoxy groups -OCH3 is 1. The summed E-state index contributed by atoms with van der Waals surface area (Å²) in [6, 6.07) is 0.183. The Labute approximate surface area is 140 Å². The number of nitrogens with zero attached hydrogens (tertiary/aromatic N) is 4. The van der Waals surface area contributed by atoms with E-state index >= 15 is 0 Å². The summed E-state index contributed by atoms with van der Waals surface area (Å²) in [6.07, 6.45) is 7.10. The van der Waals surface area contributed by atoms with Gasteiger partial charge in [0.2, 0.25) is 0 Å². The Balaban J connectivity index is 1.73. The largest absolute Gasteiger partial charge is 0.378 e. The van der Waals surface area contributed by atoms with Crippen LogP contribution >= 0.6 is 11.3 Å². The molecule has 2 aromatic heterocycles. The molecule has 0 N–H and O–H groups in total. The zero-order chi connectivity index (χ0) is 16.2. The fourth-order valence-corrected chi connectivity index (χ4v) is 3.72. The maximum absolute atomic E-state index is 12.8. The molecule has 3 heterocycles. The Morgan fingerprint density at radius 1 is 1.48 bits per heavy atom. The molecule has 0 radical (unpaired) electrons. The van der Waals surface area contributed by atoms with Crippen molar-refractivity contribution < 1.29 is 9.53 Å². The minimum atomic E-state index is 0.0252. The molecule has 2 aromatic rings. The SMILES string of the molecule is COCc1nc(C(=O)N2CCCC[C@@H]2Cn2cc(C)cn2)cs1. The highest BCUT2D eigenvalue weighted by molar-refractivity contribution is 7.09. The quantitative estimate of drug-likeness (QED) is 0.843. The normalized spacial score (nSPS) is 18.3. The number of piperidine rings is 1. The molecule has 0 aromatic carbocycles. The summed E-state index contributed by atoms with van der Waals surface area (Å²) in [7, 11) is 1.63. The second kappa shape index (κ2) is 7.23. The summed E-state index contributed by atoms with van der Waals surface area (Å²) in [5, 5.41) is 7.03. The lowest BCUT2D eigenvalue weighted by atomic mass is 10.0. The van der Waals surface area contributed by atoms with Gasteiger partial charge in [-0.25, -0.2) is 4.98 Å². The van der Waals surface area contributed by atoms with Gasteiger partial charge in [0.25, 0.3) is 5.91 Å². The monoisotopic (exact) mass is 334 g/mol. The van der Waals surface area contributed by atoms with Crippen LogP contribution in [0.1, 0.15) is 40.3 Å². The molecule has 0 aliphatic carbocycles. The molecule has 7 heteroatoms. The van der Waals surface area contributed by atoms with Crippen molar-refractivity contribution in [1.29, 1.82) is 0 Å². The van der Waals surface area contributed by atoms with Crippen molar-refractivity contribution in [2.24, 2.45) is 0 Å². The molecule has 0 bridgehead atoms. The fraction of sp³-hybridized carbons (Fsp3) is 0.562. The van der Waals surface area contributed by atoms with Gasteiger partial charge in [-0.2, -0.15) is 5.10 Å². The highest BCUT2D eigenvalue weighted by atomic mass is 32.1. The fourth-order valence-electron chi connectivity index (χ4n) is 2.99. The van der Waals surface area contributed by atoms with Gasteiger partial charge in [-0.05, 0) is 31.7 Å². The van der Waals surface area contributed by atoms with Crippen molar-refractivity contribution in [3.63, 3.8) is 0 Å². The highest BCUT2D eigenvalue weighted by Gasteiger charge is 2.29. The molecule has 1 atom stereocenters. The number of rotatable bonds is 5. The van der Waals surface area contributed by atoms with E-state index in [0.29, 0.717) is 12.3 Å². The zero-order valence-corrected chi connectivity index (χ0v) is 14.4. The molecule has 1 fully saturated rings. The summed E-state index contributed by atoms with van der Waals surface area (Å²) >= 11 is 1.47. The zero-order valence-electron chi connectivity index (χ0n) is 13.6. The topological polar surface area (TPSA) is 60.2 Å². The van der Waals surface area contributed by atoms with Crippen LogP contribution in [0.25, 0.3) is 0 Å². The number of hydrogen-bond acceptors (Lipinski definition) is 5. The first-order valence-corrected chi connectivity index (χ1v) is 8.78. The Kier molecular flexibility index (Phi) is 5.07. The van der Waals surface area contributed by atoms with Crippen molar-refractivity contribution in [2.75, 3.05) is 13.7 Å². The van der Waals surface area contributed by atoms with Crippen molar-refractivity contribution in [3.8, 4) is 0 Å². The van der Waals surface area contributed by atoms with Crippen molar-refractivity contribution in [1.82, 2.24) is 19.7 Å². The third kappa shape index (κ3) is 3.79. The molecule has 6 nitrogen and oxygen atoms in total. The van der Waals surface area contributed by atoms with Crippen LogP contribution in [0.15, 0.2) is 17.8 Å². The predicted octanol–water partition coefficient (Wildman–Crippen LogP) is 2.49. The van der Waals surface area contributed by atoms with Crippen LogP contribution in [0.4, 0.5) is 0 Å². The van der Waals surface area contributed by atoms with Gasteiger partial charge < -0.3 is 9.64 Å². The highest BCUT2D eigenvalue weighted by Crippen LogP contribution is 2.22. The molecule has 1 amide bonds. The summed E-state index contributed by atoms with van der Waals surface area (Å²) < 4.78 is 7.01. The van der Waals surface area contributed by atoms with Crippen LogP contribution in [0, 0.1) is 6.92 Å². The number of hydrogen-bond donors (Lipinski definition) is 0. The first-order chi connectivity index (χ1) is 11.2. The first kappa shape index (κ1) is 16.1. The van der Waals surface area contributed by atoms with Gasteiger partial charge in [-0.1, -0.05) is 0 Å². The van der Waals surface area contributed by atoms with E-state index < -0.39 is 0 Å². The Morgan fingerprint density at radius 3 is 3.09 bits per heavy atom. The maximum atomic E-state index is 12.8. The van der Waals surface area contributed by atoms with E-state index in [1.807, 2.05) is 34.3 Å². The molecule has 0 spiro atoms. The Bertz CT molecular complexity index is 667. The predicted molar refractivity (Wildman–Crippen MR) is 88.5 cm³/mol. The first-order valence-electron chi connectivity index (χ1n) is 7.90. The standard InChI is InChI=1S/C16H22N4O2S/c1-12-7-17-19(8-12)9-13-5-3-4-6-20(13)16(21)14-11-23-15(18-14)10-22-2/h7-8,11,13H,3-6,9-10H2,1-2H3/t13-/m1/s1. The van der Waals surface area contributed by atoms with Gasteiger partial charge in [-0.3, -0.25) is 9.48 Å². The van der Waals surface area contributed by atoms with Crippen LogP contribution in [0.3, 0.4) is 0 Å². The minimum Gasteiger partial charge on any atom is -0.378 e. The number of thiazole rings is 1. The number of carbonyl (C=O) groups is 1. The second-order valence-electron chi connectivity index (χ2n) is 5.95. The molecule has 23 heavy (non-hydrogen) atoms.